The number of amides is 3. The van der Waals surface area contributed by atoms with Crippen LogP contribution in [-0.4, -0.2) is 141 Å². The first kappa shape index (κ1) is 73.0. The predicted octanol–water partition coefficient (Wildman–Crippen LogP) is 10.6. The summed E-state index contributed by atoms with van der Waals surface area (Å²) in [4.78, 5) is 43.0. The van der Waals surface area contributed by atoms with E-state index in [4.69, 9.17) is 39.9 Å². The number of nitrogens with zero attached hydrogens (tertiary/aromatic N) is 9. The number of aromatic nitrogens is 6. The van der Waals surface area contributed by atoms with Crippen molar-refractivity contribution in [2.24, 2.45) is 7.05 Å². The summed E-state index contributed by atoms with van der Waals surface area (Å²) in [6.07, 6.45) is 10.3. The number of thiophene rings is 3. The number of hydrogen-bond acceptors (Lipinski definition) is 13. The van der Waals surface area contributed by atoms with E-state index < -0.39 is 65.3 Å². The molecule has 0 spiro atoms. The van der Waals surface area contributed by atoms with Crippen molar-refractivity contribution in [1.82, 2.24) is 56.4 Å². The van der Waals surface area contributed by atoms with Gasteiger partial charge >= 0.3 is 0 Å². The Morgan fingerprint density at radius 1 is 0.577 bits per heavy atom. The number of carbonyl (C=O) groups excluding carboxylic acids is 3. The van der Waals surface area contributed by atoms with E-state index in [0.29, 0.717) is 42.9 Å². The van der Waals surface area contributed by atoms with Crippen molar-refractivity contribution in [2.75, 3.05) is 43.7 Å². The number of halogens is 6. The molecule has 97 heavy (non-hydrogen) atoms. The Bertz CT molecular complexity index is 4750. The molecule has 0 bridgehead atoms. The van der Waals surface area contributed by atoms with Gasteiger partial charge < -0.3 is 21.1 Å². The molecule has 0 radical (unpaired) electrons. The van der Waals surface area contributed by atoms with Crippen molar-refractivity contribution in [2.45, 2.75) is 82.5 Å². The lowest BCUT2D eigenvalue weighted by Gasteiger charge is -2.39. The summed E-state index contributed by atoms with van der Waals surface area (Å²) in [7, 11) is -2.04. The fourth-order valence-electron chi connectivity index (χ4n) is 10.8. The summed E-state index contributed by atoms with van der Waals surface area (Å²) in [6, 6.07) is 16.7. The summed E-state index contributed by atoms with van der Waals surface area (Å²) in [5.41, 5.74) is 7.03. The van der Waals surface area contributed by atoms with Crippen molar-refractivity contribution in [1.29, 1.82) is 0 Å². The number of hydrogen-bond donors (Lipinski definition) is 7. The third-order valence-electron chi connectivity index (χ3n) is 16.5. The Morgan fingerprint density at radius 2 is 0.969 bits per heavy atom. The molecule has 3 aliphatic heterocycles. The zero-order valence-electron chi connectivity index (χ0n) is 53.0. The second kappa shape index (κ2) is 30.4. The molecule has 3 aromatic carbocycles. The van der Waals surface area contributed by atoms with Gasteiger partial charge in [-0.15, -0.1) is 34.0 Å². The molecule has 3 fully saturated rings. The average Bonchev–Trinajstić information content (AvgIpc) is 1.77. The number of rotatable bonds is 15. The van der Waals surface area contributed by atoms with Gasteiger partial charge in [0.2, 0.25) is 17.7 Å². The van der Waals surface area contributed by atoms with E-state index in [0.717, 1.165) is 59.6 Å². The van der Waals surface area contributed by atoms with Gasteiger partial charge in [-0.05, 0) is 151 Å². The van der Waals surface area contributed by atoms with Crippen LogP contribution in [0.25, 0.3) is 32.7 Å². The van der Waals surface area contributed by atoms with Crippen LogP contribution in [0.3, 0.4) is 0 Å². The molecule has 9 atom stereocenters. The molecule has 9 heterocycles. The lowest BCUT2D eigenvalue weighted by atomic mass is 10.0. The number of likely N-dealkylation sites (N-methyl/N-ethyl adjacent to an activating group) is 3. The molecule has 7 N–H and O–H groups in total. The standard InChI is InChI=1S/C21H23ClFN5O3S2.2C21H23ClFN5O2S2/c1-27-19(21(30)25-15-3-4-17(23)16(22)8-15)9-18(26-33(27,2)31)20-7-13(12-32-20)14-10-24-28(11-14)5-6-29;1-12-14(11-24-27(12)2)19-7-8-20(31-19)17-10-18(28(3)32(4,30)26-17)21(29)25-13-5-6-16(23)15(22)9-13;1-4-28-11-14(10-24-28)13-7-20(31-12-13)18-9-19(27(2)32(3,30)26-18)21(29)25-15-5-6-17(23)16(22)8-15/h3-4,7-8,10-12,18-19,29H,2,5-6,9H2,1H3,(H,25,30)(H,26,31);5-9,11,17-18H,4,10H2,1-3H3,(H,25,29)(H,26,30);5-8,10-12,18-19H,3-4,9H2,1-2H3,(H,25,29)(H,26,30). The summed E-state index contributed by atoms with van der Waals surface area (Å²) in [6.45, 7) is 5.22. The van der Waals surface area contributed by atoms with Gasteiger partial charge in [0.15, 0.2) is 0 Å². The topological polar surface area (TPSA) is 258 Å². The minimum atomic E-state index is -2.92. The molecule has 3 saturated heterocycles. The van der Waals surface area contributed by atoms with Gasteiger partial charge in [-0.3, -0.25) is 28.4 Å². The summed E-state index contributed by atoms with van der Waals surface area (Å²) >= 11 is 22.0. The quantitative estimate of drug-likeness (QED) is 0.0478. The number of aliphatic hydroxyl groups excluding tert-OH is 1. The molecule has 0 aliphatic carbocycles. The van der Waals surface area contributed by atoms with Gasteiger partial charge in [0.1, 0.15) is 35.6 Å². The fraction of sp³-hybridized carbons (Fsp3) is 0.286. The third-order valence-corrected chi connectivity index (χ3v) is 26.2. The first-order valence-corrected chi connectivity index (χ1v) is 38.5. The number of anilines is 3. The smallest absolute Gasteiger partial charge is 0.242 e. The largest absolute Gasteiger partial charge is 0.394 e. The van der Waals surface area contributed by atoms with E-state index in [1.807, 2.05) is 90.1 Å². The first-order chi connectivity index (χ1) is 45.9. The zero-order chi connectivity index (χ0) is 70.0. The highest BCUT2D eigenvalue weighted by Gasteiger charge is 2.41. The van der Waals surface area contributed by atoms with Crippen LogP contribution in [0.5, 0.6) is 0 Å². The molecule has 22 nitrogen and oxygen atoms in total. The Labute approximate surface area is 587 Å². The van der Waals surface area contributed by atoms with Gasteiger partial charge in [0, 0.05) is 106 Å². The minimum absolute atomic E-state index is 0.000950. The van der Waals surface area contributed by atoms with Crippen molar-refractivity contribution in [3.63, 3.8) is 0 Å². The van der Waals surface area contributed by atoms with Crippen LogP contribution in [0.2, 0.25) is 15.1 Å². The highest BCUT2D eigenvalue weighted by atomic mass is 35.5. The zero-order valence-corrected chi connectivity index (χ0v) is 60.2. The van der Waals surface area contributed by atoms with E-state index in [2.05, 4.69) is 63.0 Å². The van der Waals surface area contributed by atoms with Crippen molar-refractivity contribution >= 4 is 151 Å². The van der Waals surface area contributed by atoms with Crippen LogP contribution in [0.1, 0.15) is 64.6 Å². The minimum Gasteiger partial charge on any atom is -0.394 e. The van der Waals surface area contributed by atoms with Crippen molar-refractivity contribution < 1.29 is 45.3 Å². The normalized spacial score (nSPS) is 23.8. The highest BCUT2D eigenvalue weighted by molar-refractivity contribution is 7.97. The maximum Gasteiger partial charge on any atom is 0.242 e. The van der Waals surface area contributed by atoms with E-state index in [1.165, 1.54) is 90.2 Å². The molecule has 3 aliphatic rings. The molecular formula is C63H69Cl3F3N15O7S6. The third kappa shape index (κ3) is 16.9. The van der Waals surface area contributed by atoms with Gasteiger partial charge in [-0.1, -0.05) is 34.8 Å². The summed E-state index contributed by atoms with van der Waals surface area (Å²) in [5.74, 6) is 8.61. The highest BCUT2D eigenvalue weighted by Crippen LogP contribution is 2.40. The summed E-state index contributed by atoms with van der Waals surface area (Å²) < 4.78 is 98.7. The number of nitrogens with one attached hydrogen (secondary N) is 6. The maximum absolute atomic E-state index is 13.4. The van der Waals surface area contributed by atoms with Crippen molar-refractivity contribution in [3.05, 3.63) is 173 Å². The molecule has 6 aromatic heterocycles. The van der Waals surface area contributed by atoms with Gasteiger partial charge in [-0.25, -0.2) is 52.9 Å². The second-order valence-corrected chi connectivity index (χ2v) is 33.4. The molecule has 516 valence electrons. The van der Waals surface area contributed by atoms with Crippen LogP contribution < -0.4 is 30.1 Å². The van der Waals surface area contributed by atoms with E-state index in [1.54, 1.807) is 43.4 Å². The van der Waals surface area contributed by atoms with E-state index in [9.17, 15) is 40.2 Å². The van der Waals surface area contributed by atoms with E-state index in [-0.39, 0.29) is 57.5 Å². The summed E-state index contributed by atoms with van der Waals surface area (Å²) in [5, 5.41) is 33.8. The second-order valence-electron chi connectivity index (χ2n) is 22.9. The lowest BCUT2D eigenvalue weighted by molar-refractivity contribution is -0.120. The SMILES string of the molecule is C=S1(=O)NC(c2cc(-c3cnn(CC)c3)cs2)CC(C(=O)Nc2ccc(F)c(Cl)c2)N1C.C=S1(=O)NC(c2cc(-c3cnn(CCO)c3)cs2)CC(C(=O)Nc2ccc(F)c(Cl)c2)N1C.C=S1(=O)NC(c2ccc(-c3cnn(C)c3C)s2)CC(C(=O)Nc2ccc(F)c(Cl)c2)N1C. The van der Waals surface area contributed by atoms with Gasteiger partial charge in [0.05, 0.1) is 94.6 Å². The Morgan fingerprint density at radius 3 is 1.33 bits per heavy atom. The Hall–Kier alpha value is -6.76. The lowest BCUT2D eigenvalue weighted by Crippen LogP contribution is -2.55. The average molecular weight is 1500 g/mol. The first-order valence-electron chi connectivity index (χ1n) is 29.7. The molecule has 9 unspecified atom stereocenters. The molecule has 3 amide bonds. The number of carbonyl (C=O) groups is 3. The van der Waals surface area contributed by atoms with Crippen LogP contribution in [-0.2, 0) is 64.2 Å². The molecule has 12 rings (SSSR count). The molecule has 9 aromatic rings. The molecule has 0 saturated carbocycles. The van der Waals surface area contributed by atoms with Gasteiger partial charge in [-0.2, -0.15) is 15.3 Å². The Balaban J connectivity index is 0.000000158. The van der Waals surface area contributed by atoms with Crippen molar-refractivity contribution in [3.8, 4) is 32.7 Å². The fourth-order valence-corrected chi connectivity index (χ4v) is 18.9. The molecular weight excluding hydrogens is 1430 g/mol. The number of benzene rings is 3. The predicted molar refractivity (Wildman–Crippen MR) is 387 cm³/mol. The van der Waals surface area contributed by atoms with E-state index >= 15 is 0 Å². The van der Waals surface area contributed by atoms with Crippen LogP contribution >= 0.6 is 68.8 Å². The molecule has 34 heteroatoms. The monoisotopic (exact) mass is 1500 g/mol. The van der Waals surface area contributed by atoms with Crippen LogP contribution in [0.15, 0.2) is 121 Å². The number of aryl methyl sites for hydroxylation is 2. The van der Waals surface area contributed by atoms with Crippen LogP contribution in [0, 0.1) is 24.4 Å². The maximum atomic E-state index is 13.4. The Kier molecular flexibility index (Phi) is 22.9. The number of aliphatic hydroxyl groups is 1. The van der Waals surface area contributed by atoms with Crippen LogP contribution in [0.4, 0.5) is 30.2 Å². The van der Waals surface area contributed by atoms with Gasteiger partial charge in [0.25, 0.3) is 0 Å².